The van der Waals surface area contributed by atoms with Crippen molar-refractivity contribution in [1.29, 1.82) is 0 Å². The lowest BCUT2D eigenvalue weighted by Crippen LogP contribution is -1.93. The van der Waals surface area contributed by atoms with Crippen molar-refractivity contribution >= 4 is 5.78 Å². The van der Waals surface area contributed by atoms with Crippen molar-refractivity contribution in [3.05, 3.63) is 11.8 Å². The molecule has 1 rings (SSSR count). The minimum absolute atomic E-state index is 0.0180. The minimum Gasteiger partial charge on any atom is -0.512 e. The number of aliphatic hydroxyl groups is 1. The maximum Gasteiger partial charge on any atom is 0.158 e. The zero-order valence-electron chi connectivity index (χ0n) is 6.13. The Labute approximate surface area is 60.6 Å². The summed E-state index contributed by atoms with van der Waals surface area (Å²) >= 11 is 0. The number of allylic oxidation sites excluding steroid dienone is 2. The number of carbonyl (C=O) groups excluding carboxylic acids is 1. The minimum atomic E-state index is 0.0180. The summed E-state index contributed by atoms with van der Waals surface area (Å²) in [5.74, 6) is 0.603. The molecule has 0 unspecified atom stereocenters. The van der Waals surface area contributed by atoms with Gasteiger partial charge in [0.05, 0.1) is 5.76 Å². The van der Waals surface area contributed by atoms with Gasteiger partial charge in [0, 0.05) is 18.4 Å². The van der Waals surface area contributed by atoms with Crippen molar-refractivity contribution in [2.45, 2.75) is 26.2 Å². The van der Waals surface area contributed by atoms with Gasteiger partial charge in [0.2, 0.25) is 0 Å². The van der Waals surface area contributed by atoms with Crippen LogP contribution in [0, 0.1) is 5.92 Å². The lowest BCUT2D eigenvalue weighted by atomic mass is 10.2. The van der Waals surface area contributed by atoms with Crippen molar-refractivity contribution in [2.24, 2.45) is 5.92 Å². The maximum atomic E-state index is 10.7. The van der Waals surface area contributed by atoms with E-state index >= 15 is 0 Å². The van der Waals surface area contributed by atoms with Crippen LogP contribution in [0.2, 0.25) is 0 Å². The van der Waals surface area contributed by atoms with Gasteiger partial charge >= 0.3 is 0 Å². The van der Waals surface area contributed by atoms with E-state index in [2.05, 4.69) is 0 Å². The van der Waals surface area contributed by atoms with E-state index in [9.17, 15) is 4.79 Å². The molecule has 0 aromatic heterocycles. The Hall–Kier alpha value is -0.790. The molecular formula is C8H12O2. The molecule has 0 aliphatic heterocycles. The summed E-state index contributed by atoms with van der Waals surface area (Å²) in [6, 6.07) is 0. The van der Waals surface area contributed by atoms with Crippen LogP contribution in [0.1, 0.15) is 26.2 Å². The van der Waals surface area contributed by atoms with Crippen molar-refractivity contribution in [3.63, 3.8) is 0 Å². The maximum absolute atomic E-state index is 10.7. The molecule has 10 heavy (non-hydrogen) atoms. The van der Waals surface area contributed by atoms with Crippen LogP contribution in [0.15, 0.2) is 11.8 Å². The van der Waals surface area contributed by atoms with Gasteiger partial charge in [-0.05, 0) is 12.8 Å². The molecule has 0 aromatic rings. The topological polar surface area (TPSA) is 37.3 Å². The SMILES string of the molecule is CCC(=O)C=C(O)C1CC1. The number of aliphatic hydroxyl groups excluding tert-OH is 1. The standard InChI is InChI=1S/C8H12O2/c1-2-7(9)5-8(10)6-3-4-6/h5-6,10H,2-4H2,1H3. The molecule has 0 heterocycles. The number of ketones is 1. The Morgan fingerprint density at radius 3 is 2.70 bits per heavy atom. The summed E-state index contributed by atoms with van der Waals surface area (Å²) < 4.78 is 0. The molecule has 56 valence electrons. The van der Waals surface area contributed by atoms with Crippen LogP contribution < -0.4 is 0 Å². The molecule has 2 nitrogen and oxygen atoms in total. The average molecular weight is 140 g/mol. The molecule has 0 bridgehead atoms. The third-order valence-corrected chi connectivity index (χ3v) is 1.65. The number of hydrogen-bond donors (Lipinski definition) is 1. The van der Waals surface area contributed by atoms with Gasteiger partial charge in [-0.15, -0.1) is 0 Å². The molecule has 1 fully saturated rings. The van der Waals surface area contributed by atoms with Gasteiger partial charge < -0.3 is 5.11 Å². The Morgan fingerprint density at radius 2 is 2.30 bits per heavy atom. The van der Waals surface area contributed by atoms with Crippen molar-refractivity contribution in [1.82, 2.24) is 0 Å². The lowest BCUT2D eigenvalue weighted by molar-refractivity contribution is -0.114. The van der Waals surface area contributed by atoms with Crippen LogP contribution in [-0.4, -0.2) is 10.9 Å². The Bertz CT molecular complexity index is 166. The highest BCUT2D eigenvalue weighted by molar-refractivity contribution is 5.89. The van der Waals surface area contributed by atoms with Crippen LogP contribution in [0.5, 0.6) is 0 Å². The summed E-state index contributed by atoms with van der Waals surface area (Å²) in [6.07, 6.45) is 3.92. The molecule has 0 amide bonds. The van der Waals surface area contributed by atoms with Crippen molar-refractivity contribution < 1.29 is 9.90 Å². The molecule has 0 spiro atoms. The zero-order valence-corrected chi connectivity index (χ0v) is 6.13. The van der Waals surface area contributed by atoms with Gasteiger partial charge in [-0.3, -0.25) is 4.79 Å². The summed E-state index contributed by atoms with van der Waals surface area (Å²) in [7, 11) is 0. The Morgan fingerprint density at radius 1 is 1.70 bits per heavy atom. The second-order valence-electron chi connectivity index (χ2n) is 2.66. The zero-order chi connectivity index (χ0) is 7.56. The fourth-order valence-electron chi connectivity index (χ4n) is 0.764. The smallest absolute Gasteiger partial charge is 0.158 e. The molecule has 1 saturated carbocycles. The van der Waals surface area contributed by atoms with Crippen LogP contribution in [0.4, 0.5) is 0 Å². The van der Waals surface area contributed by atoms with Crippen molar-refractivity contribution in [3.8, 4) is 0 Å². The van der Waals surface area contributed by atoms with E-state index in [1.54, 1.807) is 6.92 Å². The van der Waals surface area contributed by atoms with Gasteiger partial charge in [-0.1, -0.05) is 6.92 Å². The molecule has 2 heteroatoms. The molecule has 1 N–H and O–H groups in total. The number of rotatable bonds is 3. The quantitative estimate of drug-likeness (QED) is 0.479. The Kier molecular flexibility index (Phi) is 2.10. The van der Waals surface area contributed by atoms with E-state index in [1.807, 2.05) is 0 Å². The fourth-order valence-corrected chi connectivity index (χ4v) is 0.764. The van der Waals surface area contributed by atoms with Crippen LogP contribution in [0.25, 0.3) is 0 Å². The van der Waals surface area contributed by atoms with E-state index in [-0.39, 0.29) is 11.5 Å². The second-order valence-corrected chi connectivity index (χ2v) is 2.66. The largest absolute Gasteiger partial charge is 0.512 e. The van der Waals surface area contributed by atoms with E-state index in [1.165, 1.54) is 6.08 Å². The van der Waals surface area contributed by atoms with Gasteiger partial charge in [-0.25, -0.2) is 0 Å². The third kappa shape index (κ3) is 1.87. The molecule has 0 atom stereocenters. The van der Waals surface area contributed by atoms with E-state index in [0.717, 1.165) is 12.8 Å². The van der Waals surface area contributed by atoms with Crippen LogP contribution in [0.3, 0.4) is 0 Å². The van der Waals surface area contributed by atoms with Crippen LogP contribution >= 0.6 is 0 Å². The van der Waals surface area contributed by atoms with Gasteiger partial charge in [0.15, 0.2) is 5.78 Å². The number of carbonyl (C=O) groups is 1. The van der Waals surface area contributed by atoms with Crippen molar-refractivity contribution in [2.75, 3.05) is 0 Å². The van der Waals surface area contributed by atoms with Gasteiger partial charge in [0.25, 0.3) is 0 Å². The molecule has 0 radical (unpaired) electrons. The van der Waals surface area contributed by atoms with E-state index in [0.29, 0.717) is 12.3 Å². The summed E-state index contributed by atoms with van der Waals surface area (Å²) in [4.78, 5) is 10.7. The molecule has 0 saturated heterocycles. The molecule has 1 aliphatic carbocycles. The first kappa shape index (κ1) is 7.32. The molecule has 0 aromatic carbocycles. The lowest BCUT2D eigenvalue weighted by Gasteiger charge is -1.92. The van der Waals surface area contributed by atoms with Gasteiger partial charge in [-0.2, -0.15) is 0 Å². The average Bonchev–Trinajstić information content (AvgIpc) is 2.68. The fraction of sp³-hybridized carbons (Fsp3) is 0.625. The summed E-state index contributed by atoms with van der Waals surface area (Å²) in [5.41, 5.74) is 0. The predicted molar refractivity (Wildman–Crippen MR) is 38.7 cm³/mol. The normalized spacial score (nSPS) is 19.1. The molecular weight excluding hydrogens is 128 g/mol. The predicted octanol–water partition coefficient (Wildman–Crippen LogP) is 1.82. The first-order chi connectivity index (χ1) is 4.74. The first-order valence-corrected chi connectivity index (χ1v) is 3.67. The summed E-state index contributed by atoms with van der Waals surface area (Å²) in [6.45, 7) is 1.79. The first-order valence-electron chi connectivity index (χ1n) is 3.67. The van der Waals surface area contributed by atoms with Crippen LogP contribution in [-0.2, 0) is 4.79 Å². The highest BCUT2D eigenvalue weighted by atomic mass is 16.3. The highest BCUT2D eigenvalue weighted by Gasteiger charge is 2.25. The Balaban J connectivity index is 2.43. The number of hydrogen-bond acceptors (Lipinski definition) is 2. The van der Waals surface area contributed by atoms with Gasteiger partial charge in [0.1, 0.15) is 0 Å². The highest BCUT2D eigenvalue weighted by Crippen LogP contribution is 2.34. The third-order valence-electron chi connectivity index (χ3n) is 1.65. The van der Waals surface area contributed by atoms with E-state index < -0.39 is 0 Å². The molecule has 1 aliphatic rings. The summed E-state index contributed by atoms with van der Waals surface area (Å²) in [5, 5.41) is 9.13. The monoisotopic (exact) mass is 140 g/mol. The second kappa shape index (κ2) is 2.86. The van der Waals surface area contributed by atoms with E-state index in [4.69, 9.17) is 5.11 Å².